The van der Waals surface area contributed by atoms with Crippen molar-refractivity contribution >= 4 is 24.0 Å². The zero-order valence-corrected chi connectivity index (χ0v) is 10.1. The minimum atomic E-state index is -3.10. The van der Waals surface area contributed by atoms with Crippen LogP contribution in [0.2, 0.25) is 0 Å². The van der Waals surface area contributed by atoms with Crippen molar-refractivity contribution < 1.29 is 22.7 Å². The van der Waals surface area contributed by atoms with E-state index < -0.39 is 30.1 Å². The Hall–Kier alpha value is -1.47. The van der Waals surface area contributed by atoms with E-state index in [1.807, 2.05) is 0 Å². The Labute approximate surface area is 108 Å². The van der Waals surface area contributed by atoms with Gasteiger partial charge in [0.15, 0.2) is 11.6 Å². The van der Waals surface area contributed by atoms with Gasteiger partial charge in [-0.2, -0.15) is 8.78 Å². The molecule has 1 rings (SSSR count). The maximum atomic E-state index is 13.2. The highest BCUT2D eigenvalue weighted by molar-refractivity contribution is 5.94. The smallest absolute Gasteiger partial charge is 0.387 e. The van der Waals surface area contributed by atoms with Crippen LogP contribution in [0.4, 0.5) is 18.9 Å². The molecule has 1 amide bonds. The summed E-state index contributed by atoms with van der Waals surface area (Å²) >= 11 is 0. The number of rotatable bonds is 4. The molecule has 0 unspecified atom stereocenters. The van der Waals surface area contributed by atoms with Crippen molar-refractivity contribution in [2.24, 2.45) is 5.73 Å². The third kappa shape index (κ3) is 4.80. The van der Waals surface area contributed by atoms with Gasteiger partial charge in [0.1, 0.15) is 0 Å². The van der Waals surface area contributed by atoms with Gasteiger partial charge in [0.2, 0.25) is 5.91 Å². The fourth-order valence-electron chi connectivity index (χ4n) is 1.03. The largest absolute Gasteiger partial charge is 0.432 e. The van der Waals surface area contributed by atoms with Crippen LogP contribution in [0.5, 0.6) is 5.75 Å². The molecule has 0 fully saturated rings. The van der Waals surface area contributed by atoms with Crippen LogP contribution in [-0.4, -0.2) is 18.6 Å². The van der Waals surface area contributed by atoms with Crippen molar-refractivity contribution in [3.05, 3.63) is 24.0 Å². The lowest BCUT2D eigenvalue weighted by Gasteiger charge is -2.10. The molecule has 0 saturated carbocycles. The number of carbonyl (C=O) groups is 1. The predicted molar refractivity (Wildman–Crippen MR) is 62.6 cm³/mol. The number of amides is 1. The number of carbonyl (C=O) groups excluding carboxylic acids is 1. The molecule has 0 aliphatic rings. The number of benzene rings is 1. The summed E-state index contributed by atoms with van der Waals surface area (Å²) in [5, 5.41) is 2.32. The summed E-state index contributed by atoms with van der Waals surface area (Å²) in [4.78, 5) is 11.2. The topological polar surface area (TPSA) is 64.4 Å². The van der Waals surface area contributed by atoms with Crippen molar-refractivity contribution in [3.8, 4) is 5.75 Å². The van der Waals surface area contributed by atoms with Gasteiger partial charge < -0.3 is 15.8 Å². The summed E-state index contributed by atoms with van der Waals surface area (Å²) in [6.45, 7) is -1.64. The van der Waals surface area contributed by atoms with Crippen LogP contribution in [0, 0.1) is 5.82 Å². The monoisotopic (exact) mass is 284 g/mol. The quantitative estimate of drug-likeness (QED) is 0.890. The Bertz CT molecular complexity index is 416. The lowest BCUT2D eigenvalue weighted by molar-refractivity contribution is -0.117. The van der Waals surface area contributed by atoms with E-state index in [4.69, 9.17) is 5.73 Å². The number of nitrogens with one attached hydrogen (secondary N) is 1. The van der Waals surface area contributed by atoms with Crippen molar-refractivity contribution in [3.63, 3.8) is 0 Å². The molecule has 1 aromatic rings. The average molecular weight is 285 g/mol. The summed E-state index contributed by atoms with van der Waals surface area (Å²) in [5.74, 6) is -2.08. The molecular formula is C10H12ClF3N2O2. The highest BCUT2D eigenvalue weighted by Crippen LogP contribution is 2.22. The molecule has 0 saturated heterocycles. The Morgan fingerprint density at radius 3 is 2.50 bits per heavy atom. The molecule has 0 heterocycles. The minimum absolute atomic E-state index is 0. The van der Waals surface area contributed by atoms with Crippen LogP contribution in [-0.2, 0) is 4.79 Å². The van der Waals surface area contributed by atoms with E-state index in [9.17, 15) is 18.0 Å². The van der Waals surface area contributed by atoms with E-state index in [-0.39, 0.29) is 18.1 Å². The number of alkyl halides is 2. The first-order chi connectivity index (χ1) is 7.90. The van der Waals surface area contributed by atoms with Gasteiger partial charge in [-0.1, -0.05) is 0 Å². The second kappa shape index (κ2) is 7.07. The molecule has 0 aliphatic heterocycles. The first kappa shape index (κ1) is 16.5. The average Bonchev–Trinajstić information content (AvgIpc) is 2.21. The van der Waals surface area contributed by atoms with Crippen molar-refractivity contribution in [1.82, 2.24) is 0 Å². The zero-order valence-electron chi connectivity index (χ0n) is 9.32. The van der Waals surface area contributed by atoms with Crippen LogP contribution in [0.3, 0.4) is 0 Å². The fourth-order valence-corrected chi connectivity index (χ4v) is 1.03. The summed E-state index contributed by atoms with van der Waals surface area (Å²) < 4.78 is 40.8. The molecule has 0 aromatic heterocycles. The standard InChI is InChI=1S/C10H11F3N2O2.ClH/c1-5(14)9(16)15-6-2-3-8(7(11)4-6)17-10(12)13;/h2-5,10H,14H2,1H3,(H,15,16);1H/t5-;/m1./s1. The minimum Gasteiger partial charge on any atom is -0.432 e. The van der Waals surface area contributed by atoms with Gasteiger partial charge in [-0.25, -0.2) is 4.39 Å². The van der Waals surface area contributed by atoms with Gasteiger partial charge in [-0.15, -0.1) is 12.4 Å². The number of nitrogens with two attached hydrogens (primary N) is 1. The molecule has 1 aromatic carbocycles. The predicted octanol–water partition coefficient (Wildman–Crippen LogP) is 2.13. The van der Waals surface area contributed by atoms with Crippen LogP contribution in [0.15, 0.2) is 18.2 Å². The molecule has 3 N–H and O–H groups in total. The first-order valence-electron chi connectivity index (χ1n) is 4.71. The fraction of sp³-hybridized carbons (Fsp3) is 0.300. The van der Waals surface area contributed by atoms with Crippen LogP contribution in [0.25, 0.3) is 0 Å². The van der Waals surface area contributed by atoms with E-state index in [0.717, 1.165) is 12.1 Å². The van der Waals surface area contributed by atoms with Gasteiger partial charge in [0, 0.05) is 11.8 Å². The van der Waals surface area contributed by atoms with E-state index >= 15 is 0 Å². The molecule has 4 nitrogen and oxygen atoms in total. The second-order valence-corrected chi connectivity index (χ2v) is 3.30. The summed E-state index contributed by atoms with van der Waals surface area (Å²) in [6.07, 6.45) is 0. The lowest BCUT2D eigenvalue weighted by Crippen LogP contribution is -2.32. The van der Waals surface area contributed by atoms with Crippen LogP contribution < -0.4 is 15.8 Å². The summed E-state index contributed by atoms with van der Waals surface area (Å²) in [5.41, 5.74) is 5.41. The van der Waals surface area contributed by atoms with E-state index in [1.54, 1.807) is 0 Å². The molecule has 0 radical (unpaired) electrons. The van der Waals surface area contributed by atoms with E-state index in [2.05, 4.69) is 10.1 Å². The molecule has 0 aliphatic carbocycles. The summed E-state index contributed by atoms with van der Waals surface area (Å²) in [6, 6.07) is 2.35. The Morgan fingerprint density at radius 2 is 2.06 bits per heavy atom. The number of halogens is 4. The van der Waals surface area contributed by atoms with Gasteiger partial charge in [0.25, 0.3) is 0 Å². The van der Waals surface area contributed by atoms with E-state index in [1.165, 1.54) is 13.0 Å². The first-order valence-corrected chi connectivity index (χ1v) is 4.71. The molecular weight excluding hydrogens is 273 g/mol. The molecule has 0 bridgehead atoms. The third-order valence-corrected chi connectivity index (χ3v) is 1.83. The third-order valence-electron chi connectivity index (χ3n) is 1.83. The zero-order chi connectivity index (χ0) is 13.0. The normalized spacial score (nSPS) is 11.7. The Kier molecular flexibility index (Phi) is 6.50. The Balaban J connectivity index is 0.00000289. The lowest BCUT2D eigenvalue weighted by atomic mass is 10.2. The molecule has 0 spiro atoms. The summed E-state index contributed by atoms with van der Waals surface area (Å²) in [7, 11) is 0. The molecule has 18 heavy (non-hydrogen) atoms. The van der Waals surface area contributed by atoms with Crippen molar-refractivity contribution in [2.45, 2.75) is 19.6 Å². The SMILES string of the molecule is C[C@@H](N)C(=O)Nc1ccc(OC(F)F)c(F)c1.Cl. The van der Waals surface area contributed by atoms with Gasteiger partial charge in [-0.3, -0.25) is 4.79 Å². The van der Waals surface area contributed by atoms with Gasteiger partial charge in [-0.05, 0) is 19.1 Å². The molecule has 1 atom stereocenters. The molecule has 102 valence electrons. The number of hydrogen-bond acceptors (Lipinski definition) is 3. The van der Waals surface area contributed by atoms with Gasteiger partial charge >= 0.3 is 6.61 Å². The number of hydrogen-bond donors (Lipinski definition) is 2. The number of anilines is 1. The van der Waals surface area contributed by atoms with Crippen LogP contribution >= 0.6 is 12.4 Å². The van der Waals surface area contributed by atoms with Gasteiger partial charge in [0.05, 0.1) is 6.04 Å². The van der Waals surface area contributed by atoms with Crippen molar-refractivity contribution in [1.29, 1.82) is 0 Å². The maximum absolute atomic E-state index is 13.2. The maximum Gasteiger partial charge on any atom is 0.387 e. The number of ether oxygens (including phenoxy) is 1. The second-order valence-electron chi connectivity index (χ2n) is 3.30. The highest BCUT2D eigenvalue weighted by atomic mass is 35.5. The van der Waals surface area contributed by atoms with Crippen LogP contribution in [0.1, 0.15) is 6.92 Å². The van der Waals surface area contributed by atoms with Crippen molar-refractivity contribution in [2.75, 3.05) is 5.32 Å². The Morgan fingerprint density at radius 1 is 1.44 bits per heavy atom. The van der Waals surface area contributed by atoms with E-state index in [0.29, 0.717) is 0 Å². The highest BCUT2D eigenvalue weighted by Gasteiger charge is 2.12. The molecule has 8 heteroatoms.